The SMILES string of the molecule is Cc1nn(CCCNC(=O)c2nn(C)cc2N)cc1Cl. The van der Waals surface area contributed by atoms with E-state index >= 15 is 0 Å². The first-order chi connectivity index (χ1) is 9.47. The van der Waals surface area contributed by atoms with E-state index < -0.39 is 0 Å². The molecule has 2 rings (SSSR count). The fourth-order valence-corrected chi connectivity index (χ4v) is 1.97. The van der Waals surface area contributed by atoms with Crippen LogP contribution in [0.2, 0.25) is 5.02 Å². The first-order valence-corrected chi connectivity index (χ1v) is 6.62. The summed E-state index contributed by atoms with van der Waals surface area (Å²) in [6.07, 6.45) is 4.12. The lowest BCUT2D eigenvalue weighted by atomic mass is 10.3. The van der Waals surface area contributed by atoms with Crippen molar-refractivity contribution in [3.05, 3.63) is 28.8 Å². The van der Waals surface area contributed by atoms with Crippen molar-refractivity contribution in [3.63, 3.8) is 0 Å². The van der Waals surface area contributed by atoms with E-state index in [1.54, 1.807) is 24.1 Å². The van der Waals surface area contributed by atoms with Crippen molar-refractivity contribution in [2.24, 2.45) is 7.05 Å². The first kappa shape index (κ1) is 14.4. The molecule has 0 atom stereocenters. The fourth-order valence-electron chi connectivity index (χ4n) is 1.82. The van der Waals surface area contributed by atoms with Gasteiger partial charge in [-0.25, -0.2) is 0 Å². The average molecular weight is 297 g/mol. The van der Waals surface area contributed by atoms with E-state index in [0.717, 1.165) is 12.1 Å². The van der Waals surface area contributed by atoms with Crippen LogP contribution in [0.5, 0.6) is 0 Å². The number of carbonyl (C=O) groups is 1. The normalized spacial score (nSPS) is 10.8. The Morgan fingerprint density at radius 2 is 2.20 bits per heavy atom. The summed E-state index contributed by atoms with van der Waals surface area (Å²) in [6.45, 7) is 3.06. The Morgan fingerprint density at radius 3 is 2.75 bits per heavy atom. The molecule has 108 valence electrons. The Balaban J connectivity index is 1.78. The van der Waals surface area contributed by atoms with Crippen LogP contribution < -0.4 is 11.1 Å². The number of nitrogens with two attached hydrogens (primary N) is 1. The van der Waals surface area contributed by atoms with Gasteiger partial charge in [-0.3, -0.25) is 14.2 Å². The van der Waals surface area contributed by atoms with E-state index in [-0.39, 0.29) is 11.6 Å². The van der Waals surface area contributed by atoms with Gasteiger partial charge < -0.3 is 11.1 Å². The van der Waals surface area contributed by atoms with E-state index in [9.17, 15) is 4.79 Å². The number of rotatable bonds is 5. The molecule has 0 bridgehead atoms. The zero-order valence-electron chi connectivity index (χ0n) is 11.4. The molecule has 0 radical (unpaired) electrons. The van der Waals surface area contributed by atoms with Crippen LogP contribution in [0, 0.1) is 6.92 Å². The third kappa shape index (κ3) is 3.30. The minimum absolute atomic E-state index is 0.255. The second-order valence-corrected chi connectivity index (χ2v) is 4.95. The van der Waals surface area contributed by atoms with Gasteiger partial charge in [-0.15, -0.1) is 0 Å². The molecule has 8 heteroatoms. The zero-order valence-corrected chi connectivity index (χ0v) is 12.2. The highest BCUT2D eigenvalue weighted by Gasteiger charge is 2.13. The van der Waals surface area contributed by atoms with Crippen molar-refractivity contribution in [1.29, 1.82) is 0 Å². The largest absolute Gasteiger partial charge is 0.396 e. The van der Waals surface area contributed by atoms with Crippen molar-refractivity contribution in [1.82, 2.24) is 24.9 Å². The molecule has 0 unspecified atom stereocenters. The van der Waals surface area contributed by atoms with Gasteiger partial charge in [0.1, 0.15) is 0 Å². The van der Waals surface area contributed by atoms with Crippen molar-refractivity contribution < 1.29 is 4.79 Å². The average Bonchev–Trinajstić information content (AvgIpc) is 2.88. The van der Waals surface area contributed by atoms with Gasteiger partial charge in [0.2, 0.25) is 0 Å². The monoisotopic (exact) mass is 296 g/mol. The van der Waals surface area contributed by atoms with Gasteiger partial charge in [0.15, 0.2) is 5.69 Å². The van der Waals surface area contributed by atoms with Crippen LogP contribution in [0.15, 0.2) is 12.4 Å². The summed E-state index contributed by atoms with van der Waals surface area (Å²) in [5.74, 6) is -0.266. The van der Waals surface area contributed by atoms with Crippen molar-refractivity contribution in [2.75, 3.05) is 12.3 Å². The number of anilines is 1. The summed E-state index contributed by atoms with van der Waals surface area (Å²) >= 11 is 5.91. The van der Waals surface area contributed by atoms with Crippen LogP contribution in [0.25, 0.3) is 0 Å². The number of nitrogens with zero attached hydrogens (tertiary/aromatic N) is 4. The van der Waals surface area contributed by atoms with Gasteiger partial charge in [-0.1, -0.05) is 11.6 Å². The van der Waals surface area contributed by atoms with Crippen LogP contribution in [0.4, 0.5) is 5.69 Å². The number of aryl methyl sites for hydroxylation is 3. The second kappa shape index (κ2) is 5.96. The standard InChI is InChI=1S/C12H17ClN6O/c1-8-9(13)6-19(16-8)5-3-4-15-12(20)11-10(14)7-18(2)17-11/h6-7H,3-5,14H2,1-2H3,(H,15,20). The third-order valence-corrected chi connectivity index (χ3v) is 3.18. The predicted molar refractivity (Wildman–Crippen MR) is 76.5 cm³/mol. The van der Waals surface area contributed by atoms with E-state index in [1.165, 1.54) is 4.68 Å². The van der Waals surface area contributed by atoms with Crippen LogP contribution in [-0.2, 0) is 13.6 Å². The lowest BCUT2D eigenvalue weighted by molar-refractivity contribution is 0.0947. The Morgan fingerprint density at radius 1 is 1.45 bits per heavy atom. The molecule has 0 aromatic carbocycles. The number of hydrogen-bond acceptors (Lipinski definition) is 4. The zero-order chi connectivity index (χ0) is 14.7. The summed E-state index contributed by atoms with van der Waals surface area (Å²) in [5.41, 5.74) is 7.12. The van der Waals surface area contributed by atoms with Gasteiger partial charge in [0.05, 0.1) is 16.4 Å². The summed E-state index contributed by atoms with van der Waals surface area (Å²) in [7, 11) is 1.72. The van der Waals surface area contributed by atoms with Crippen molar-refractivity contribution >= 4 is 23.2 Å². The predicted octanol–water partition coefficient (Wildman–Crippen LogP) is 0.981. The lowest BCUT2D eigenvalue weighted by Crippen LogP contribution is -2.26. The molecule has 0 aliphatic heterocycles. The molecule has 0 fully saturated rings. The number of nitrogen functional groups attached to an aromatic ring is 1. The Bertz CT molecular complexity index is 598. The second-order valence-electron chi connectivity index (χ2n) is 4.54. The maximum absolute atomic E-state index is 11.8. The van der Waals surface area contributed by atoms with Gasteiger partial charge in [-0.2, -0.15) is 10.2 Å². The summed E-state index contributed by atoms with van der Waals surface area (Å²) in [6, 6.07) is 0. The number of halogens is 1. The molecule has 0 saturated carbocycles. The number of nitrogens with one attached hydrogen (secondary N) is 1. The maximum atomic E-state index is 11.8. The van der Waals surface area contributed by atoms with E-state index in [0.29, 0.717) is 23.8 Å². The molecule has 2 aromatic heterocycles. The molecule has 3 N–H and O–H groups in total. The number of amides is 1. The van der Waals surface area contributed by atoms with Crippen LogP contribution in [0.3, 0.4) is 0 Å². The smallest absolute Gasteiger partial charge is 0.273 e. The number of carbonyl (C=O) groups excluding carboxylic acids is 1. The molecule has 2 heterocycles. The quantitative estimate of drug-likeness (QED) is 0.805. The Labute approximate surface area is 121 Å². The van der Waals surface area contributed by atoms with Gasteiger partial charge in [-0.05, 0) is 13.3 Å². The van der Waals surface area contributed by atoms with E-state index in [1.807, 2.05) is 6.92 Å². The number of hydrogen-bond donors (Lipinski definition) is 2. The van der Waals surface area contributed by atoms with Crippen molar-refractivity contribution in [2.45, 2.75) is 19.9 Å². The molecule has 0 aliphatic rings. The van der Waals surface area contributed by atoms with E-state index in [2.05, 4.69) is 15.5 Å². The minimum Gasteiger partial charge on any atom is -0.396 e. The fraction of sp³-hybridized carbons (Fsp3) is 0.417. The van der Waals surface area contributed by atoms with Crippen LogP contribution in [-0.4, -0.2) is 32.0 Å². The summed E-state index contributed by atoms with van der Waals surface area (Å²) < 4.78 is 3.28. The Hall–Kier alpha value is -2.02. The molecule has 0 aliphatic carbocycles. The van der Waals surface area contributed by atoms with Gasteiger partial charge in [0.25, 0.3) is 5.91 Å². The Kier molecular flexibility index (Phi) is 4.29. The highest BCUT2D eigenvalue weighted by Crippen LogP contribution is 2.12. The molecular formula is C12H17ClN6O. The van der Waals surface area contributed by atoms with Crippen LogP contribution >= 0.6 is 11.6 Å². The van der Waals surface area contributed by atoms with Crippen molar-refractivity contribution in [3.8, 4) is 0 Å². The highest BCUT2D eigenvalue weighted by atomic mass is 35.5. The molecule has 7 nitrogen and oxygen atoms in total. The van der Waals surface area contributed by atoms with Gasteiger partial charge >= 0.3 is 0 Å². The molecule has 1 amide bonds. The van der Waals surface area contributed by atoms with Crippen LogP contribution in [0.1, 0.15) is 22.6 Å². The topological polar surface area (TPSA) is 90.8 Å². The molecule has 0 saturated heterocycles. The molecular weight excluding hydrogens is 280 g/mol. The number of aromatic nitrogens is 4. The minimum atomic E-state index is -0.266. The molecule has 0 spiro atoms. The lowest BCUT2D eigenvalue weighted by Gasteiger charge is -2.04. The van der Waals surface area contributed by atoms with E-state index in [4.69, 9.17) is 17.3 Å². The highest BCUT2D eigenvalue weighted by molar-refractivity contribution is 6.31. The molecule has 2 aromatic rings. The molecule has 20 heavy (non-hydrogen) atoms. The maximum Gasteiger partial charge on any atom is 0.273 e. The van der Waals surface area contributed by atoms with Gasteiger partial charge in [0, 0.05) is 32.5 Å². The first-order valence-electron chi connectivity index (χ1n) is 6.24. The summed E-state index contributed by atoms with van der Waals surface area (Å²) in [4.78, 5) is 11.8. The third-order valence-electron chi connectivity index (χ3n) is 2.81. The summed E-state index contributed by atoms with van der Waals surface area (Å²) in [5, 5.41) is 11.7.